The Morgan fingerprint density at radius 2 is 1.44 bits per heavy atom. The summed E-state index contributed by atoms with van der Waals surface area (Å²) in [4.78, 5) is 33.9. The second-order valence-corrected chi connectivity index (χ2v) is 7.82. The summed E-state index contributed by atoms with van der Waals surface area (Å²) in [6.45, 7) is 0. The van der Waals surface area contributed by atoms with Gasteiger partial charge >= 0.3 is 0 Å². The number of carbonyl (C=O) groups excluding carboxylic acids is 1. The Kier molecular flexibility index (Phi) is 5.09. The van der Waals surface area contributed by atoms with Gasteiger partial charge in [0.05, 0.1) is 21.2 Å². The van der Waals surface area contributed by atoms with Crippen molar-refractivity contribution in [2.45, 2.75) is 12.3 Å². The number of non-ortho nitro benzene ring substituents is 2. The molecule has 4 aromatic rings. The van der Waals surface area contributed by atoms with E-state index in [1.165, 1.54) is 24.3 Å². The van der Waals surface area contributed by atoms with Crippen LogP contribution in [0.15, 0.2) is 78.9 Å². The van der Waals surface area contributed by atoms with E-state index in [0.29, 0.717) is 17.2 Å². The van der Waals surface area contributed by atoms with Gasteiger partial charge in [0.25, 0.3) is 11.4 Å². The van der Waals surface area contributed by atoms with Gasteiger partial charge in [-0.05, 0) is 17.7 Å². The number of carbonyl (C=O) groups is 1. The highest BCUT2D eigenvalue weighted by atomic mass is 16.6. The van der Waals surface area contributed by atoms with Gasteiger partial charge in [0.15, 0.2) is 0 Å². The number of aromatic nitrogens is 2. The summed E-state index contributed by atoms with van der Waals surface area (Å²) in [6.07, 6.45) is 0.149. The number of hydrogen-bond donors (Lipinski definition) is 1. The van der Waals surface area contributed by atoms with Crippen molar-refractivity contribution in [2.24, 2.45) is 0 Å². The smallest absolute Gasteiger partial charge is 0.269 e. The Morgan fingerprint density at radius 3 is 2.03 bits per heavy atom. The average Bonchev–Trinajstić information content (AvgIpc) is 3.23. The zero-order valence-electron chi connectivity index (χ0n) is 17.6. The van der Waals surface area contributed by atoms with Crippen LogP contribution >= 0.6 is 0 Å². The fraction of sp³-hybridized carbons (Fsp3) is 0.0833. The first-order valence-corrected chi connectivity index (χ1v) is 10.4. The van der Waals surface area contributed by atoms with Crippen molar-refractivity contribution in [2.75, 3.05) is 5.32 Å². The number of benzene rings is 3. The molecule has 2 heterocycles. The molecule has 10 nitrogen and oxygen atoms in total. The normalized spacial score (nSPS) is 14.8. The van der Waals surface area contributed by atoms with Crippen LogP contribution in [0.25, 0.3) is 16.9 Å². The van der Waals surface area contributed by atoms with Gasteiger partial charge < -0.3 is 5.32 Å². The van der Waals surface area contributed by atoms with E-state index in [2.05, 4.69) is 5.32 Å². The number of nitro groups is 2. The van der Waals surface area contributed by atoms with Crippen molar-refractivity contribution in [1.29, 1.82) is 0 Å². The fourth-order valence-electron chi connectivity index (χ4n) is 4.18. The number of rotatable bonds is 5. The first-order chi connectivity index (χ1) is 16.4. The molecule has 1 unspecified atom stereocenters. The van der Waals surface area contributed by atoms with Crippen LogP contribution in [0, 0.1) is 20.2 Å². The molecule has 1 atom stereocenters. The lowest BCUT2D eigenvalue weighted by Crippen LogP contribution is -2.24. The molecule has 0 radical (unpaired) electrons. The van der Waals surface area contributed by atoms with E-state index < -0.39 is 9.85 Å². The highest BCUT2D eigenvalue weighted by Crippen LogP contribution is 2.44. The van der Waals surface area contributed by atoms with Crippen molar-refractivity contribution >= 4 is 23.1 Å². The summed E-state index contributed by atoms with van der Waals surface area (Å²) in [6, 6.07) is 21.5. The predicted molar refractivity (Wildman–Crippen MR) is 124 cm³/mol. The van der Waals surface area contributed by atoms with Crippen LogP contribution in [0.5, 0.6) is 0 Å². The lowest BCUT2D eigenvalue weighted by atomic mass is 9.84. The molecule has 0 bridgehead atoms. The maximum Gasteiger partial charge on any atom is 0.269 e. The van der Waals surface area contributed by atoms with Gasteiger partial charge in [-0.3, -0.25) is 25.0 Å². The number of fused-ring (bicyclic) bond motifs is 1. The molecule has 1 aliphatic heterocycles. The van der Waals surface area contributed by atoms with Crippen LogP contribution < -0.4 is 5.32 Å². The summed E-state index contributed by atoms with van der Waals surface area (Å²) in [5.74, 6) is -0.141. The predicted octanol–water partition coefficient (Wildman–Crippen LogP) is 4.83. The van der Waals surface area contributed by atoms with E-state index in [0.717, 1.165) is 16.7 Å². The van der Waals surface area contributed by atoms with Gasteiger partial charge in [-0.1, -0.05) is 42.5 Å². The van der Waals surface area contributed by atoms with Crippen LogP contribution in [0.3, 0.4) is 0 Å². The number of hydrogen-bond acceptors (Lipinski definition) is 6. The fourth-order valence-corrected chi connectivity index (χ4v) is 4.18. The van der Waals surface area contributed by atoms with Crippen LogP contribution in [-0.2, 0) is 4.79 Å². The molecular weight excluding hydrogens is 438 g/mol. The molecule has 1 aromatic heterocycles. The lowest BCUT2D eigenvalue weighted by molar-refractivity contribution is -0.385. The molecule has 1 N–H and O–H groups in total. The zero-order chi connectivity index (χ0) is 23.8. The lowest BCUT2D eigenvalue weighted by Gasteiger charge is -2.24. The SMILES string of the molecule is O=C1CC(c2ccc([N+](=O)[O-])cc2)c2c(-c3ccccc3)nn(-c3ccc([N+](=O)[O-])cc3)c2N1. The third-order valence-electron chi connectivity index (χ3n) is 5.78. The van der Waals surface area contributed by atoms with Gasteiger partial charge in [0, 0.05) is 47.7 Å². The topological polar surface area (TPSA) is 133 Å². The van der Waals surface area contributed by atoms with Crippen molar-refractivity contribution in [3.05, 3.63) is 110 Å². The summed E-state index contributed by atoms with van der Waals surface area (Å²) in [5, 5.41) is 29.8. The molecule has 34 heavy (non-hydrogen) atoms. The summed E-state index contributed by atoms with van der Waals surface area (Å²) in [5.41, 5.74) is 3.48. The Labute approximate surface area is 192 Å². The minimum atomic E-state index is -0.482. The van der Waals surface area contributed by atoms with Crippen LogP contribution in [-0.4, -0.2) is 25.5 Å². The molecule has 168 valence electrons. The maximum absolute atomic E-state index is 12.7. The molecule has 5 rings (SSSR count). The van der Waals surface area contributed by atoms with E-state index >= 15 is 0 Å². The molecule has 0 spiro atoms. The Balaban J connectivity index is 1.70. The van der Waals surface area contributed by atoms with Crippen molar-refractivity contribution in [3.8, 4) is 16.9 Å². The standard InChI is InChI=1S/C24H17N5O5/c30-21-14-20(15-6-8-18(9-7-15)28(31)32)22-23(16-4-2-1-3-5-16)26-27(24(22)25-21)17-10-12-19(13-11-17)29(33)34/h1-13,20H,14H2,(H,25,30). The Bertz CT molecular complexity index is 1410. The highest BCUT2D eigenvalue weighted by molar-refractivity contribution is 5.96. The summed E-state index contributed by atoms with van der Waals surface area (Å²) >= 11 is 0. The van der Waals surface area contributed by atoms with Crippen molar-refractivity contribution in [1.82, 2.24) is 9.78 Å². The molecule has 10 heteroatoms. The molecule has 1 aliphatic rings. The number of nitrogens with one attached hydrogen (secondary N) is 1. The minimum absolute atomic E-state index is 0.0332. The van der Waals surface area contributed by atoms with Crippen LogP contribution in [0.2, 0.25) is 0 Å². The van der Waals surface area contributed by atoms with Gasteiger partial charge in [-0.15, -0.1) is 0 Å². The third kappa shape index (κ3) is 3.66. The Morgan fingerprint density at radius 1 is 0.853 bits per heavy atom. The largest absolute Gasteiger partial charge is 0.310 e. The van der Waals surface area contributed by atoms with E-state index in [9.17, 15) is 25.0 Å². The van der Waals surface area contributed by atoms with Crippen LogP contribution in [0.1, 0.15) is 23.5 Å². The van der Waals surface area contributed by atoms with Gasteiger partial charge in [0.2, 0.25) is 5.91 Å². The summed E-state index contributed by atoms with van der Waals surface area (Å²) in [7, 11) is 0. The summed E-state index contributed by atoms with van der Waals surface area (Å²) < 4.78 is 1.57. The molecular formula is C24H17N5O5. The molecule has 0 saturated carbocycles. The molecule has 3 aromatic carbocycles. The Hall–Kier alpha value is -4.86. The first-order valence-electron chi connectivity index (χ1n) is 10.4. The van der Waals surface area contributed by atoms with E-state index in [1.807, 2.05) is 30.3 Å². The highest BCUT2D eigenvalue weighted by Gasteiger charge is 2.34. The number of nitro benzene ring substituents is 2. The van der Waals surface area contributed by atoms with Crippen molar-refractivity contribution in [3.63, 3.8) is 0 Å². The van der Waals surface area contributed by atoms with E-state index in [4.69, 9.17) is 5.10 Å². The van der Waals surface area contributed by atoms with Gasteiger partial charge in [-0.2, -0.15) is 5.10 Å². The number of amides is 1. The van der Waals surface area contributed by atoms with Crippen LogP contribution in [0.4, 0.5) is 17.2 Å². The monoisotopic (exact) mass is 455 g/mol. The van der Waals surface area contributed by atoms with E-state index in [1.54, 1.807) is 28.9 Å². The minimum Gasteiger partial charge on any atom is -0.310 e. The van der Waals surface area contributed by atoms with Gasteiger partial charge in [-0.25, -0.2) is 4.68 Å². The average molecular weight is 455 g/mol. The third-order valence-corrected chi connectivity index (χ3v) is 5.78. The zero-order valence-corrected chi connectivity index (χ0v) is 17.6. The second-order valence-electron chi connectivity index (χ2n) is 7.82. The maximum atomic E-state index is 12.7. The van der Waals surface area contributed by atoms with Crippen molar-refractivity contribution < 1.29 is 14.6 Å². The number of nitrogens with zero attached hydrogens (tertiary/aromatic N) is 4. The molecule has 0 saturated heterocycles. The van der Waals surface area contributed by atoms with Gasteiger partial charge in [0.1, 0.15) is 5.82 Å². The first kappa shape index (κ1) is 21.0. The molecule has 0 aliphatic carbocycles. The van der Waals surface area contributed by atoms with E-state index in [-0.39, 0.29) is 29.6 Å². The number of anilines is 1. The molecule has 0 fully saturated rings. The second kappa shape index (κ2) is 8.24. The quantitative estimate of drug-likeness (QED) is 0.338. The molecule has 1 amide bonds.